The van der Waals surface area contributed by atoms with Gasteiger partial charge in [0.25, 0.3) is 5.56 Å². The Morgan fingerprint density at radius 2 is 1.87 bits per heavy atom. The van der Waals surface area contributed by atoms with Gasteiger partial charge in [-0.3, -0.25) is 9.59 Å². The van der Waals surface area contributed by atoms with Crippen LogP contribution in [-0.2, 0) is 9.53 Å². The number of benzene rings is 2. The zero-order valence-corrected chi connectivity index (χ0v) is 21.3. The third-order valence-electron chi connectivity index (χ3n) is 7.00. The predicted octanol–water partition coefficient (Wildman–Crippen LogP) is 3.46. The molecule has 1 fully saturated rings. The summed E-state index contributed by atoms with van der Waals surface area (Å²) in [7, 11) is 0. The molecule has 0 aliphatic carbocycles. The Labute approximate surface area is 217 Å². The maximum absolute atomic E-state index is 14.4. The van der Waals surface area contributed by atoms with E-state index in [0.717, 1.165) is 35.6 Å². The number of aromatic nitrogens is 2. The van der Waals surface area contributed by atoms with Gasteiger partial charge in [-0.25, -0.2) is 22.5 Å². The molecule has 0 bridgehead atoms. The van der Waals surface area contributed by atoms with E-state index in [0.29, 0.717) is 25.6 Å². The second kappa shape index (κ2) is 11.5. The lowest BCUT2D eigenvalue weighted by molar-refractivity contribution is -0.126. The van der Waals surface area contributed by atoms with Crippen LogP contribution in [0.1, 0.15) is 57.2 Å². The van der Waals surface area contributed by atoms with Crippen molar-refractivity contribution in [3.63, 3.8) is 0 Å². The molecule has 0 unspecified atom stereocenters. The molecule has 1 aromatic heterocycles. The maximum Gasteiger partial charge on any atom is 0.329 e. The molecule has 2 aromatic carbocycles. The van der Waals surface area contributed by atoms with Crippen molar-refractivity contribution in [3.05, 3.63) is 80.3 Å². The molecule has 11 heteroatoms. The minimum absolute atomic E-state index is 0.00903. The van der Waals surface area contributed by atoms with Crippen LogP contribution >= 0.6 is 0 Å². The molecule has 1 amide bonds. The number of amides is 1. The number of ether oxygens (including phenoxy) is 1. The Morgan fingerprint density at radius 3 is 2.61 bits per heavy atom. The van der Waals surface area contributed by atoms with E-state index in [4.69, 9.17) is 4.74 Å². The molecule has 8 nitrogen and oxygen atoms in total. The van der Waals surface area contributed by atoms with Crippen LogP contribution in [0, 0.1) is 17.5 Å². The highest BCUT2D eigenvalue weighted by Crippen LogP contribution is 2.29. The Kier molecular flexibility index (Phi) is 8.37. The molecule has 1 aliphatic rings. The predicted molar refractivity (Wildman–Crippen MR) is 136 cm³/mol. The smallest absolute Gasteiger partial charge is 0.329 e. The Morgan fingerprint density at radius 1 is 1.13 bits per heavy atom. The van der Waals surface area contributed by atoms with Gasteiger partial charge in [0.1, 0.15) is 23.5 Å². The molecule has 2 heterocycles. The number of rotatable bonds is 8. The first kappa shape index (κ1) is 27.6. The highest BCUT2D eigenvalue weighted by molar-refractivity contribution is 5.82. The standard InChI is InChI=1S/C27H31F3N4O4/c1-3-31-27(10-4-5-11-38-15-27)14-23(24(35)32-16(2)19-8-6-18(29)13-21(19)30)34-25(36)20-12-17(28)7-9-22(20)33-26(34)37/h6-9,12-13,16,23,31H,3-5,10-11,14-15H2,1-2H3,(H,32,35)(H,33,37)/t16-,23-,27+/m0/s1. The lowest BCUT2D eigenvalue weighted by Crippen LogP contribution is -2.54. The van der Waals surface area contributed by atoms with E-state index in [1.807, 2.05) is 6.92 Å². The quantitative estimate of drug-likeness (QED) is 0.412. The van der Waals surface area contributed by atoms with Gasteiger partial charge in [-0.2, -0.15) is 0 Å². The summed E-state index contributed by atoms with van der Waals surface area (Å²) < 4.78 is 48.5. The molecule has 0 spiro atoms. The zero-order chi connectivity index (χ0) is 27.4. The highest BCUT2D eigenvalue weighted by atomic mass is 19.1. The van der Waals surface area contributed by atoms with Crippen LogP contribution in [0.4, 0.5) is 13.2 Å². The molecule has 0 radical (unpaired) electrons. The molecule has 3 N–H and O–H groups in total. The van der Waals surface area contributed by atoms with Gasteiger partial charge in [0.2, 0.25) is 5.91 Å². The first-order chi connectivity index (χ1) is 18.1. The SMILES string of the molecule is CCN[C@@]1(C[C@@H](C(=O)N[C@@H](C)c2ccc(F)cc2F)n2c(=O)[nH]c3ccc(F)cc3c2=O)CCCCOC1. The average molecular weight is 533 g/mol. The fraction of sp³-hybridized carbons (Fsp3) is 0.444. The van der Waals surface area contributed by atoms with Gasteiger partial charge in [0.05, 0.1) is 23.6 Å². The van der Waals surface area contributed by atoms with Crippen molar-refractivity contribution >= 4 is 16.8 Å². The summed E-state index contributed by atoms with van der Waals surface area (Å²) >= 11 is 0. The van der Waals surface area contributed by atoms with E-state index < -0.39 is 52.2 Å². The lowest BCUT2D eigenvalue weighted by atomic mass is 9.86. The second-order valence-electron chi connectivity index (χ2n) is 9.73. The molecular weight excluding hydrogens is 501 g/mol. The van der Waals surface area contributed by atoms with Gasteiger partial charge >= 0.3 is 5.69 Å². The Bertz CT molecular complexity index is 1430. The van der Waals surface area contributed by atoms with Crippen LogP contribution in [0.3, 0.4) is 0 Å². The number of carbonyl (C=O) groups is 1. The van der Waals surface area contributed by atoms with E-state index in [9.17, 15) is 27.6 Å². The van der Waals surface area contributed by atoms with E-state index in [-0.39, 0.29) is 29.5 Å². The number of nitrogens with one attached hydrogen (secondary N) is 3. The summed E-state index contributed by atoms with van der Waals surface area (Å²) in [6.07, 6.45) is 2.25. The van der Waals surface area contributed by atoms with Crippen molar-refractivity contribution in [2.75, 3.05) is 19.8 Å². The van der Waals surface area contributed by atoms with Crippen LogP contribution in [0.2, 0.25) is 0 Å². The number of nitrogens with zero attached hydrogens (tertiary/aromatic N) is 1. The number of carbonyl (C=O) groups excluding carboxylic acids is 1. The number of hydrogen-bond donors (Lipinski definition) is 3. The third kappa shape index (κ3) is 5.83. The summed E-state index contributed by atoms with van der Waals surface area (Å²) in [5.74, 6) is -2.99. The highest BCUT2D eigenvalue weighted by Gasteiger charge is 2.38. The summed E-state index contributed by atoms with van der Waals surface area (Å²) in [4.78, 5) is 43.0. The van der Waals surface area contributed by atoms with Crippen molar-refractivity contribution in [1.29, 1.82) is 0 Å². The number of fused-ring (bicyclic) bond motifs is 1. The van der Waals surface area contributed by atoms with E-state index in [1.165, 1.54) is 19.1 Å². The zero-order valence-electron chi connectivity index (χ0n) is 21.3. The lowest BCUT2D eigenvalue weighted by Gasteiger charge is -2.36. The molecule has 3 aromatic rings. The normalized spacial score (nSPS) is 19.6. The van der Waals surface area contributed by atoms with Gasteiger partial charge in [-0.15, -0.1) is 0 Å². The fourth-order valence-electron chi connectivity index (χ4n) is 5.15. The van der Waals surface area contributed by atoms with Gasteiger partial charge in [0.15, 0.2) is 0 Å². The van der Waals surface area contributed by atoms with Gasteiger partial charge < -0.3 is 20.4 Å². The molecule has 204 valence electrons. The third-order valence-corrected chi connectivity index (χ3v) is 7.00. The van der Waals surface area contributed by atoms with Gasteiger partial charge in [-0.1, -0.05) is 13.0 Å². The van der Waals surface area contributed by atoms with E-state index in [2.05, 4.69) is 15.6 Å². The van der Waals surface area contributed by atoms with Crippen LogP contribution in [0.5, 0.6) is 0 Å². The molecule has 1 aliphatic heterocycles. The van der Waals surface area contributed by atoms with Crippen molar-refractivity contribution in [2.24, 2.45) is 0 Å². The first-order valence-corrected chi connectivity index (χ1v) is 12.7. The molecule has 1 saturated heterocycles. The summed E-state index contributed by atoms with van der Waals surface area (Å²) in [5.41, 5.74) is -2.22. The summed E-state index contributed by atoms with van der Waals surface area (Å²) in [5, 5.41) is 5.97. The maximum atomic E-state index is 14.4. The Balaban J connectivity index is 1.80. The summed E-state index contributed by atoms with van der Waals surface area (Å²) in [6.45, 7) is 4.76. The van der Waals surface area contributed by atoms with Gasteiger partial charge in [-0.05, 0) is 63.4 Å². The average Bonchev–Trinajstić information content (AvgIpc) is 3.09. The molecule has 4 rings (SSSR count). The van der Waals surface area contributed by atoms with Gasteiger partial charge in [0, 0.05) is 23.8 Å². The van der Waals surface area contributed by atoms with E-state index >= 15 is 0 Å². The van der Waals surface area contributed by atoms with Crippen molar-refractivity contribution in [1.82, 2.24) is 20.2 Å². The molecule has 38 heavy (non-hydrogen) atoms. The number of halogens is 3. The number of hydrogen-bond acceptors (Lipinski definition) is 5. The van der Waals surface area contributed by atoms with Crippen LogP contribution in [0.15, 0.2) is 46.0 Å². The Hall–Kier alpha value is -3.44. The van der Waals surface area contributed by atoms with Crippen molar-refractivity contribution in [2.45, 2.75) is 57.2 Å². The van der Waals surface area contributed by atoms with Crippen molar-refractivity contribution < 1.29 is 22.7 Å². The largest absolute Gasteiger partial charge is 0.380 e. The molecule has 3 atom stereocenters. The molecular formula is C27H31F3N4O4. The number of aromatic amines is 1. The van der Waals surface area contributed by atoms with Crippen LogP contribution < -0.4 is 21.9 Å². The number of likely N-dealkylation sites (N-methyl/N-ethyl adjacent to an activating group) is 1. The molecule has 0 saturated carbocycles. The minimum Gasteiger partial charge on any atom is -0.380 e. The topological polar surface area (TPSA) is 105 Å². The van der Waals surface area contributed by atoms with E-state index in [1.54, 1.807) is 0 Å². The van der Waals surface area contributed by atoms with Crippen molar-refractivity contribution in [3.8, 4) is 0 Å². The second-order valence-corrected chi connectivity index (χ2v) is 9.73. The minimum atomic E-state index is -1.34. The van der Waals surface area contributed by atoms with Crippen LogP contribution in [-0.4, -0.2) is 40.8 Å². The monoisotopic (exact) mass is 532 g/mol. The van der Waals surface area contributed by atoms with Crippen LogP contribution in [0.25, 0.3) is 10.9 Å². The summed E-state index contributed by atoms with van der Waals surface area (Å²) in [6, 6.07) is 4.18. The fourth-order valence-corrected chi connectivity index (χ4v) is 5.15. The first-order valence-electron chi connectivity index (χ1n) is 12.7. The number of H-pyrrole nitrogens is 1.